The molecule has 0 amide bonds. The Morgan fingerprint density at radius 3 is 2.72 bits per heavy atom. The second-order valence-corrected chi connectivity index (χ2v) is 5.27. The number of hydrogen-bond acceptors (Lipinski definition) is 2. The molecule has 0 fully saturated rings. The van der Waals surface area contributed by atoms with Crippen LogP contribution < -0.4 is 0 Å². The van der Waals surface area contributed by atoms with Crippen molar-refractivity contribution < 1.29 is 9.53 Å². The van der Waals surface area contributed by atoms with Crippen molar-refractivity contribution in [1.29, 1.82) is 0 Å². The van der Waals surface area contributed by atoms with Crippen LogP contribution >= 0.6 is 0 Å². The fraction of sp³-hybridized carbons (Fsp3) is 0.562. The largest absolute Gasteiger partial charge is 0.458 e. The summed E-state index contributed by atoms with van der Waals surface area (Å²) in [5.41, 5.74) is 4.01. The third-order valence-corrected chi connectivity index (χ3v) is 3.90. The van der Waals surface area contributed by atoms with E-state index in [0.29, 0.717) is 0 Å². The highest BCUT2D eigenvalue weighted by Crippen LogP contribution is 2.27. The van der Waals surface area contributed by atoms with Crippen LogP contribution in [-0.4, -0.2) is 5.97 Å². The van der Waals surface area contributed by atoms with E-state index in [1.165, 1.54) is 24.0 Å². The number of aryl methyl sites for hydroxylation is 2. The van der Waals surface area contributed by atoms with Gasteiger partial charge >= 0.3 is 5.97 Å². The Morgan fingerprint density at radius 2 is 2.00 bits per heavy atom. The number of ether oxygens (including phenoxy) is 1. The van der Waals surface area contributed by atoms with E-state index in [-0.39, 0.29) is 18.0 Å². The van der Waals surface area contributed by atoms with Crippen molar-refractivity contribution in [3.05, 3.63) is 34.9 Å². The summed E-state index contributed by atoms with van der Waals surface area (Å²) in [6.45, 7) is 5.88. The summed E-state index contributed by atoms with van der Waals surface area (Å²) in [5, 5.41) is 0. The maximum Gasteiger partial charge on any atom is 0.309 e. The summed E-state index contributed by atoms with van der Waals surface area (Å²) in [6, 6.07) is 6.49. The Morgan fingerprint density at radius 1 is 1.28 bits per heavy atom. The van der Waals surface area contributed by atoms with E-state index in [1.807, 2.05) is 20.8 Å². The van der Waals surface area contributed by atoms with Gasteiger partial charge in [-0.15, -0.1) is 0 Å². The zero-order valence-corrected chi connectivity index (χ0v) is 11.5. The molecular formula is C16H22O2. The molecule has 2 unspecified atom stereocenters. The molecule has 2 atom stereocenters. The van der Waals surface area contributed by atoms with Crippen LogP contribution in [0.2, 0.25) is 0 Å². The highest BCUT2D eigenvalue weighted by atomic mass is 16.5. The van der Waals surface area contributed by atoms with E-state index in [2.05, 4.69) is 18.2 Å². The lowest BCUT2D eigenvalue weighted by molar-refractivity contribution is -0.153. The van der Waals surface area contributed by atoms with Crippen molar-refractivity contribution in [1.82, 2.24) is 0 Å². The Labute approximate surface area is 109 Å². The predicted octanol–water partition coefficient (Wildman–Crippen LogP) is 3.83. The molecule has 0 saturated heterocycles. The third kappa shape index (κ3) is 2.74. The molecule has 2 heteroatoms. The van der Waals surface area contributed by atoms with Gasteiger partial charge in [0.15, 0.2) is 0 Å². The molecule has 98 valence electrons. The first-order valence-electron chi connectivity index (χ1n) is 6.94. The van der Waals surface area contributed by atoms with Crippen molar-refractivity contribution in [3.8, 4) is 0 Å². The number of carbonyl (C=O) groups excluding carboxylic acids is 1. The van der Waals surface area contributed by atoms with Crippen LogP contribution in [0, 0.1) is 5.92 Å². The van der Waals surface area contributed by atoms with Crippen LogP contribution in [0.15, 0.2) is 18.2 Å². The van der Waals surface area contributed by atoms with Gasteiger partial charge in [-0.3, -0.25) is 4.79 Å². The standard InChI is InChI=1S/C16H22O2/c1-4-11(2)16(17)18-12(3)14-9-8-13-6-5-7-15(13)10-14/h8-12H,4-7H2,1-3H3. The number of benzene rings is 1. The lowest BCUT2D eigenvalue weighted by Crippen LogP contribution is -2.16. The Bertz CT molecular complexity index is 437. The minimum Gasteiger partial charge on any atom is -0.458 e. The quantitative estimate of drug-likeness (QED) is 0.755. The lowest BCUT2D eigenvalue weighted by atomic mass is 10.0. The molecule has 0 bridgehead atoms. The van der Waals surface area contributed by atoms with Crippen LogP contribution in [0.4, 0.5) is 0 Å². The van der Waals surface area contributed by atoms with E-state index in [4.69, 9.17) is 4.74 Å². The molecule has 0 heterocycles. The number of esters is 1. The monoisotopic (exact) mass is 246 g/mol. The fourth-order valence-corrected chi connectivity index (χ4v) is 2.37. The van der Waals surface area contributed by atoms with Gasteiger partial charge in [-0.05, 0) is 49.3 Å². The van der Waals surface area contributed by atoms with Crippen molar-refractivity contribution >= 4 is 5.97 Å². The minimum atomic E-state index is -0.141. The fourth-order valence-electron chi connectivity index (χ4n) is 2.37. The van der Waals surface area contributed by atoms with E-state index in [0.717, 1.165) is 18.4 Å². The summed E-state index contributed by atoms with van der Waals surface area (Å²) < 4.78 is 5.51. The first-order valence-corrected chi connectivity index (χ1v) is 6.94. The number of rotatable bonds is 4. The molecule has 0 radical (unpaired) electrons. The van der Waals surface area contributed by atoms with E-state index >= 15 is 0 Å². The second kappa shape index (κ2) is 5.55. The highest BCUT2D eigenvalue weighted by molar-refractivity contribution is 5.72. The van der Waals surface area contributed by atoms with Gasteiger partial charge < -0.3 is 4.74 Å². The van der Waals surface area contributed by atoms with Crippen LogP contribution in [0.25, 0.3) is 0 Å². The second-order valence-electron chi connectivity index (χ2n) is 5.27. The summed E-state index contributed by atoms with van der Waals surface area (Å²) in [7, 11) is 0. The van der Waals surface area contributed by atoms with Crippen LogP contribution in [0.3, 0.4) is 0 Å². The Kier molecular flexibility index (Phi) is 4.05. The van der Waals surface area contributed by atoms with Crippen LogP contribution in [0.1, 0.15) is 56.4 Å². The molecule has 2 nitrogen and oxygen atoms in total. The third-order valence-electron chi connectivity index (χ3n) is 3.90. The molecule has 0 saturated carbocycles. The molecule has 1 aromatic carbocycles. The zero-order chi connectivity index (χ0) is 13.1. The molecule has 2 rings (SSSR count). The minimum absolute atomic E-state index is 0.0122. The Hall–Kier alpha value is -1.31. The van der Waals surface area contributed by atoms with Crippen LogP contribution in [-0.2, 0) is 22.4 Å². The van der Waals surface area contributed by atoms with Gasteiger partial charge in [0.2, 0.25) is 0 Å². The van der Waals surface area contributed by atoms with Gasteiger partial charge in [0.1, 0.15) is 6.10 Å². The van der Waals surface area contributed by atoms with Crippen molar-refractivity contribution in [2.45, 2.75) is 52.6 Å². The first kappa shape index (κ1) is 13.1. The molecule has 0 spiro atoms. The summed E-state index contributed by atoms with van der Waals surface area (Å²) >= 11 is 0. The van der Waals surface area contributed by atoms with Crippen molar-refractivity contribution in [2.24, 2.45) is 5.92 Å². The number of hydrogen-bond donors (Lipinski definition) is 0. The molecule has 0 aliphatic heterocycles. The van der Waals surface area contributed by atoms with Crippen molar-refractivity contribution in [3.63, 3.8) is 0 Å². The molecule has 1 aliphatic rings. The lowest BCUT2D eigenvalue weighted by Gasteiger charge is -2.17. The van der Waals surface area contributed by atoms with E-state index in [1.54, 1.807) is 0 Å². The topological polar surface area (TPSA) is 26.3 Å². The molecular weight excluding hydrogens is 224 g/mol. The van der Waals surface area contributed by atoms with Crippen LogP contribution in [0.5, 0.6) is 0 Å². The molecule has 18 heavy (non-hydrogen) atoms. The average Bonchev–Trinajstić information content (AvgIpc) is 2.84. The summed E-state index contributed by atoms with van der Waals surface area (Å²) in [5.74, 6) is -0.104. The van der Waals surface area contributed by atoms with E-state index < -0.39 is 0 Å². The maximum atomic E-state index is 11.8. The van der Waals surface area contributed by atoms with Gasteiger partial charge in [-0.2, -0.15) is 0 Å². The smallest absolute Gasteiger partial charge is 0.309 e. The zero-order valence-electron chi connectivity index (χ0n) is 11.5. The number of carbonyl (C=O) groups is 1. The molecule has 0 aromatic heterocycles. The van der Waals surface area contributed by atoms with Gasteiger partial charge in [0.05, 0.1) is 5.92 Å². The van der Waals surface area contributed by atoms with Gasteiger partial charge in [0, 0.05) is 0 Å². The first-order chi connectivity index (χ1) is 8.61. The maximum absolute atomic E-state index is 11.8. The summed E-state index contributed by atoms with van der Waals surface area (Å²) in [4.78, 5) is 11.8. The normalized spacial score (nSPS) is 17.1. The SMILES string of the molecule is CCC(C)C(=O)OC(C)c1ccc2c(c1)CCC2. The number of fused-ring (bicyclic) bond motifs is 1. The predicted molar refractivity (Wildman–Crippen MR) is 72.4 cm³/mol. The molecule has 1 aromatic rings. The van der Waals surface area contributed by atoms with Gasteiger partial charge in [0.25, 0.3) is 0 Å². The van der Waals surface area contributed by atoms with Gasteiger partial charge in [-0.1, -0.05) is 32.0 Å². The average molecular weight is 246 g/mol. The van der Waals surface area contributed by atoms with Gasteiger partial charge in [-0.25, -0.2) is 0 Å². The summed E-state index contributed by atoms with van der Waals surface area (Å²) in [6.07, 6.45) is 4.29. The molecule has 0 N–H and O–H groups in total. The van der Waals surface area contributed by atoms with E-state index in [9.17, 15) is 4.79 Å². The Balaban J connectivity index is 2.05. The highest BCUT2D eigenvalue weighted by Gasteiger charge is 2.18. The van der Waals surface area contributed by atoms with Crippen molar-refractivity contribution in [2.75, 3.05) is 0 Å². The molecule has 1 aliphatic carbocycles.